The van der Waals surface area contributed by atoms with Crippen molar-refractivity contribution in [1.29, 1.82) is 0 Å². The van der Waals surface area contributed by atoms with Crippen molar-refractivity contribution in [3.8, 4) is 39.2 Å². The van der Waals surface area contributed by atoms with Crippen LogP contribution in [-0.4, -0.2) is 39.8 Å². The Hall–Kier alpha value is -3.97. The highest BCUT2D eigenvalue weighted by atomic mass is 32.1. The highest BCUT2D eigenvalue weighted by Gasteiger charge is 2.21. The predicted molar refractivity (Wildman–Crippen MR) is 135 cm³/mol. The molecule has 1 aromatic heterocycles. The fourth-order valence-electron chi connectivity index (χ4n) is 3.88. The monoisotopic (exact) mass is 476 g/mol. The zero-order valence-corrected chi connectivity index (χ0v) is 20.1. The highest BCUT2D eigenvalue weighted by molar-refractivity contribution is 7.22. The summed E-state index contributed by atoms with van der Waals surface area (Å²) < 4.78 is 23.2. The summed E-state index contributed by atoms with van der Waals surface area (Å²) in [5.41, 5.74) is 2.74. The van der Waals surface area contributed by atoms with E-state index in [1.165, 1.54) is 20.3 Å². The first-order valence-electron chi connectivity index (χ1n) is 10.4. The number of fused-ring (bicyclic) bond motifs is 1. The van der Waals surface area contributed by atoms with Crippen LogP contribution in [0.15, 0.2) is 60.7 Å². The molecule has 34 heavy (non-hydrogen) atoms. The van der Waals surface area contributed by atoms with Gasteiger partial charge in [-0.25, -0.2) is 0 Å². The fourth-order valence-corrected chi connectivity index (χ4v) is 4.96. The fraction of sp³-hybridized carbons (Fsp3) is 0.148. The molecule has 1 N–H and O–H groups in total. The number of benzene rings is 3. The Kier molecular flexibility index (Phi) is 6.75. The molecule has 0 saturated carbocycles. The quantitative estimate of drug-likeness (QED) is 0.251. The topological polar surface area (TPSA) is 74.2 Å². The molecule has 4 aromatic rings. The molecule has 4 rings (SSSR count). The van der Waals surface area contributed by atoms with Crippen molar-refractivity contribution in [2.75, 3.05) is 28.4 Å². The van der Waals surface area contributed by atoms with Gasteiger partial charge in [0.25, 0.3) is 0 Å². The number of ether oxygens (including phenoxy) is 4. The van der Waals surface area contributed by atoms with Crippen molar-refractivity contribution >= 4 is 33.3 Å². The summed E-state index contributed by atoms with van der Waals surface area (Å²) in [5, 5.41) is 11.5. The maximum atomic E-state index is 11.7. The summed E-state index contributed by atoms with van der Waals surface area (Å²) in [6, 6.07) is 17.3. The van der Waals surface area contributed by atoms with Crippen molar-refractivity contribution in [1.82, 2.24) is 0 Å². The molecule has 1 heterocycles. The van der Waals surface area contributed by atoms with E-state index in [2.05, 4.69) is 18.2 Å². The van der Waals surface area contributed by atoms with Crippen LogP contribution in [0.5, 0.6) is 28.7 Å². The van der Waals surface area contributed by atoms with E-state index >= 15 is 0 Å². The Morgan fingerprint density at radius 1 is 0.824 bits per heavy atom. The number of rotatable bonds is 8. The molecule has 0 aliphatic heterocycles. The van der Waals surface area contributed by atoms with E-state index in [-0.39, 0.29) is 17.2 Å². The number of aromatic hydroxyl groups is 1. The van der Waals surface area contributed by atoms with Gasteiger partial charge in [-0.15, -0.1) is 11.3 Å². The number of phenols is 1. The van der Waals surface area contributed by atoms with Crippen molar-refractivity contribution in [2.24, 2.45) is 0 Å². The average molecular weight is 477 g/mol. The van der Waals surface area contributed by atoms with Crippen LogP contribution in [0, 0.1) is 0 Å². The number of phenolic OH excluding ortho intramolecular Hbond substituents is 1. The minimum absolute atomic E-state index is 0.119. The first-order chi connectivity index (χ1) is 16.5. The molecule has 0 amide bonds. The summed E-state index contributed by atoms with van der Waals surface area (Å²) in [4.78, 5) is 12.7. The molecular formula is C27H24O6S. The lowest BCUT2D eigenvalue weighted by Gasteiger charge is -2.18. The normalized spacial score (nSPS) is 11.4. The molecule has 0 unspecified atom stereocenters. The van der Waals surface area contributed by atoms with Crippen LogP contribution in [0.3, 0.4) is 0 Å². The van der Waals surface area contributed by atoms with Gasteiger partial charge in [0.1, 0.15) is 17.8 Å². The third-order valence-electron chi connectivity index (χ3n) is 5.53. The number of hydrogen-bond donors (Lipinski definition) is 1. The van der Waals surface area contributed by atoms with Gasteiger partial charge in [-0.1, -0.05) is 18.2 Å². The van der Waals surface area contributed by atoms with Gasteiger partial charge in [0.2, 0.25) is 5.75 Å². The van der Waals surface area contributed by atoms with Crippen molar-refractivity contribution in [3.63, 3.8) is 0 Å². The maximum absolute atomic E-state index is 11.7. The molecule has 0 aliphatic carbocycles. The molecule has 0 aliphatic rings. The summed E-state index contributed by atoms with van der Waals surface area (Å²) >= 11 is 1.65. The minimum Gasteiger partial charge on any atom is -0.502 e. The van der Waals surface area contributed by atoms with Gasteiger partial charge in [-0.05, 0) is 52.9 Å². The largest absolute Gasteiger partial charge is 0.502 e. The number of hydrogen-bond acceptors (Lipinski definition) is 7. The number of allylic oxidation sites excluding steroid dienone is 1. The Bertz CT molecular complexity index is 1330. The number of aldehydes is 1. The lowest BCUT2D eigenvalue weighted by Crippen LogP contribution is -1.99. The molecule has 0 fully saturated rings. The van der Waals surface area contributed by atoms with Gasteiger partial charge < -0.3 is 24.1 Å². The van der Waals surface area contributed by atoms with Crippen LogP contribution in [0.25, 0.3) is 26.1 Å². The average Bonchev–Trinajstić information content (AvgIpc) is 3.31. The SMILES string of the molecule is COc1cc(OC)c(-c2cc3ccccc3s2)cc1C(=CC=O)c1cc(OC)c(O)c(OC)c1. The highest BCUT2D eigenvalue weighted by Crippen LogP contribution is 2.46. The lowest BCUT2D eigenvalue weighted by molar-refractivity contribution is -0.104. The van der Waals surface area contributed by atoms with E-state index in [9.17, 15) is 9.90 Å². The maximum Gasteiger partial charge on any atom is 0.200 e. The number of carbonyl (C=O) groups excluding carboxylic acids is 1. The summed E-state index contributed by atoms with van der Waals surface area (Å²) in [6.45, 7) is 0. The van der Waals surface area contributed by atoms with Crippen LogP contribution in [0.1, 0.15) is 11.1 Å². The van der Waals surface area contributed by atoms with Crippen molar-refractivity contribution in [2.45, 2.75) is 0 Å². The van der Waals surface area contributed by atoms with E-state index in [0.29, 0.717) is 34.5 Å². The standard InChI is InChI=1S/C27H24O6S/c1-30-21-15-22(31-2)20(26-13-16-7-5-6-8-25(16)34-26)14-19(21)18(9-10-28)17-11-23(32-3)27(29)24(12-17)33-4/h5-15,29H,1-4H3. The van der Waals surface area contributed by atoms with Crippen LogP contribution in [-0.2, 0) is 4.79 Å². The lowest BCUT2D eigenvalue weighted by atomic mass is 9.93. The third-order valence-corrected chi connectivity index (χ3v) is 6.68. The Morgan fingerprint density at radius 3 is 2.06 bits per heavy atom. The van der Waals surface area contributed by atoms with E-state index in [1.54, 1.807) is 37.7 Å². The molecule has 0 radical (unpaired) electrons. The van der Waals surface area contributed by atoms with E-state index < -0.39 is 0 Å². The van der Waals surface area contributed by atoms with Gasteiger partial charge in [-0.3, -0.25) is 4.79 Å². The summed E-state index contributed by atoms with van der Waals surface area (Å²) in [7, 11) is 6.08. The molecule has 7 heteroatoms. The Morgan fingerprint density at radius 2 is 1.47 bits per heavy atom. The van der Waals surface area contributed by atoms with Gasteiger partial charge in [0.15, 0.2) is 11.5 Å². The van der Waals surface area contributed by atoms with Crippen LogP contribution >= 0.6 is 11.3 Å². The second kappa shape index (κ2) is 9.89. The first kappa shape index (κ1) is 23.2. The molecule has 0 bridgehead atoms. The number of thiophene rings is 1. The van der Waals surface area contributed by atoms with E-state index in [4.69, 9.17) is 18.9 Å². The van der Waals surface area contributed by atoms with E-state index in [0.717, 1.165) is 20.5 Å². The Balaban J connectivity index is 1.97. The van der Waals surface area contributed by atoms with Gasteiger partial charge >= 0.3 is 0 Å². The summed E-state index contributed by atoms with van der Waals surface area (Å²) in [5.74, 6) is 1.51. The molecular weight excluding hydrogens is 452 g/mol. The van der Waals surface area contributed by atoms with Gasteiger partial charge in [0.05, 0.1) is 28.4 Å². The first-order valence-corrected chi connectivity index (χ1v) is 11.2. The zero-order valence-electron chi connectivity index (χ0n) is 19.2. The molecule has 0 saturated heterocycles. The van der Waals surface area contributed by atoms with Crippen LogP contribution in [0.4, 0.5) is 0 Å². The summed E-state index contributed by atoms with van der Waals surface area (Å²) in [6.07, 6.45) is 2.16. The molecule has 6 nitrogen and oxygen atoms in total. The molecule has 174 valence electrons. The molecule has 0 atom stereocenters. The van der Waals surface area contributed by atoms with Gasteiger partial charge in [-0.2, -0.15) is 0 Å². The second-order valence-electron chi connectivity index (χ2n) is 7.35. The molecule has 0 spiro atoms. The number of carbonyl (C=O) groups is 1. The predicted octanol–water partition coefficient (Wildman–Crippen LogP) is 5.94. The number of methoxy groups -OCH3 is 4. The molecule has 3 aromatic carbocycles. The van der Waals surface area contributed by atoms with Crippen molar-refractivity contribution in [3.05, 3.63) is 71.8 Å². The Labute approximate surface area is 201 Å². The minimum atomic E-state index is -0.119. The van der Waals surface area contributed by atoms with Gasteiger partial charge in [0, 0.05) is 26.8 Å². The second-order valence-corrected chi connectivity index (χ2v) is 8.43. The smallest absolute Gasteiger partial charge is 0.200 e. The van der Waals surface area contributed by atoms with Crippen molar-refractivity contribution < 1.29 is 28.8 Å². The third kappa shape index (κ3) is 4.18. The van der Waals surface area contributed by atoms with E-state index in [1.807, 2.05) is 24.3 Å². The zero-order chi connectivity index (χ0) is 24.2. The van der Waals surface area contributed by atoms with Crippen LogP contribution < -0.4 is 18.9 Å². The van der Waals surface area contributed by atoms with Crippen LogP contribution in [0.2, 0.25) is 0 Å².